The van der Waals surface area contributed by atoms with E-state index in [9.17, 15) is 18.3 Å². The number of hydrogen-bond donors (Lipinski definition) is 1. The summed E-state index contributed by atoms with van der Waals surface area (Å²) in [6, 6.07) is 5.35. The normalized spacial score (nSPS) is 22.0. The molecule has 2 atom stereocenters. The van der Waals surface area contributed by atoms with E-state index in [1.54, 1.807) is 12.3 Å². The van der Waals surface area contributed by atoms with Crippen molar-refractivity contribution in [3.05, 3.63) is 53.6 Å². The van der Waals surface area contributed by atoms with Gasteiger partial charge in [0.05, 0.1) is 18.2 Å². The predicted molar refractivity (Wildman–Crippen MR) is 87.8 cm³/mol. The van der Waals surface area contributed by atoms with E-state index in [2.05, 4.69) is 4.98 Å². The summed E-state index contributed by atoms with van der Waals surface area (Å²) in [6.45, 7) is 4.79. The van der Waals surface area contributed by atoms with Crippen LogP contribution >= 0.6 is 0 Å². The number of benzene rings is 1. The molecule has 2 heterocycles. The highest BCUT2D eigenvalue weighted by Gasteiger charge is 2.40. The van der Waals surface area contributed by atoms with Gasteiger partial charge in [-0.05, 0) is 31.9 Å². The molecule has 0 radical (unpaired) electrons. The Hall–Kier alpha value is -1.86. The van der Waals surface area contributed by atoms with Crippen LogP contribution in [0.5, 0.6) is 0 Å². The van der Waals surface area contributed by atoms with Crippen LogP contribution in [0.15, 0.2) is 36.7 Å². The summed E-state index contributed by atoms with van der Waals surface area (Å²) in [6.07, 6.45) is -1.21. The lowest BCUT2D eigenvalue weighted by Gasteiger charge is -2.27. The number of alkyl halides is 3. The van der Waals surface area contributed by atoms with Crippen LogP contribution in [0.3, 0.4) is 0 Å². The third kappa shape index (κ3) is 3.72. The second kappa shape index (κ2) is 6.80. The zero-order valence-corrected chi connectivity index (χ0v) is 14.2. The molecule has 1 saturated heterocycles. The topological polar surface area (TPSA) is 41.3 Å². The summed E-state index contributed by atoms with van der Waals surface area (Å²) in [4.78, 5) is 6.23. The number of aliphatic hydroxyl groups is 1. The molecule has 1 aromatic heterocycles. The Morgan fingerprint density at radius 2 is 2.00 bits per heavy atom. The molecular formula is C18H22F3N3O. The summed E-state index contributed by atoms with van der Waals surface area (Å²) < 4.78 is 42.1. The van der Waals surface area contributed by atoms with E-state index in [0.717, 1.165) is 11.9 Å². The van der Waals surface area contributed by atoms with Crippen LogP contribution in [0, 0.1) is 0 Å². The third-order valence-electron chi connectivity index (χ3n) is 4.66. The number of aromatic nitrogens is 2. The van der Waals surface area contributed by atoms with Gasteiger partial charge in [0.2, 0.25) is 0 Å². The van der Waals surface area contributed by atoms with Gasteiger partial charge in [0, 0.05) is 31.0 Å². The van der Waals surface area contributed by atoms with Crippen LogP contribution < -0.4 is 0 Å². The first-order valence-electron chi connectivity index (χ1n) is 8.37. The number of aliphatic hydroxyl groups excluding tert-OH is 1. The largest absolute Gasteiger partial charge is 0.416 e. The molecule has 2 aromatic rings. The quantitative estimate of drug-likeness (QED) is 0.909. The van der Waals surface area contributed by atoms with E-state index in [1.165, 1.54) is 12.1 Å². The minimum Gasteiger partial charge on any atom is -0.392 e. The molecule has 0 spiro atoms. The summed E-state index contributed by atoms with van der Waals surface area (Å²) in [5, 5.41) is 10.1. The lowest BCUT2D eigenvalue weighted by molar-refractivity contribution is -0.138. The summed E-state index contributed by atoms with van der Waals surface area (Å²) in [7, 11) is 0. The van der Waals surface area contributed by atoms with Crippen molar-refractivity contribution in [2.24, 2.45) is 0 Å². The Labute approximate surface area is 144 Å². The van der Waals surface area contributed by atoms with Gasteiger partial charge >= 0.3 is 6.18 Å². The number of likely N-dealkylation sites (tertiary alicyclic amines) is 1. The molecule has 1 aliphatic heterocycles. The minimum absolute atomic E-state index is 0.214. The molecule has 0 aliphatic carbocycles. The lowest BCUT2D eigenvalue weighted by atomic mass is 9.97. The molecule has 0 amide bonds. The second-order valence-corrected chi connectivity index (χ2v) is 6.76. The average molecular weight is 353 g/mol. The number of imidazole rings is 1. The van der Waals surface area contributed by atoms with Gasteiger partial charge < -0.3 is 9.67 Å². The first kappa shape index (κ1) is 17.9. The monoisotopic (exact) mass is 353 g/mol. The Balaban J connectivity index is 1.92. The number of rotatable bonds is 4. The minimum atomic E-state index is -4.41. The molecule has 0 saturated carbocycles. The molecule has 1 fully saturated rings. The van der Waals surface area contributed by atoms with E-state index in [1.807, 2.05) is 29.5 Å². The molecule has 1 aromatic carbocycles. The average Bonchev–Trinajstić information content (AvgIpc) is 3.13. The standard InChI is InChI=1S/C18H22F3N3O/c1-12(2)24-8-7-22-17(24)11-23-10-13(25)9-16(23)14-5-3-4-6-15(14)18(19,20)21/h3-8,12-13,16,25H,9-11H2,1-2H3/t13-,16-/m0/s1. The molecule has 1 N–H and O–H groups in total. The molecule has 3 rings (SSSR count). The van der Waals surface area contributed by atoms with Crippen LogP contribution in [0.4, 0.5) is 13.2 Å². The number of halogens is 3. The molecule has 1 aliphatic rings. The van der Waals surface area contributed by atoms with Crippen LogP contribution in [0.25, 0.3) is 0 Å². The van der Waals surface area contributed by atoms with E-state index in [4.69, 9.17) is 0 Å². The fourth-order valence-electron chi connectivity index (χ4n) is 3.54. The van der Waals surface area contributed by atoms with Crippen molar-refractivity contribution in [3.8, 4) is 0 Å². The Kier molecular flexibility index (Phi) is 4.88. The van der Waals surface area contributed by atoms with Crippen molar-refractivity contribution < 1.29 is 18.3 Å². The Morgan fingerprint density at radius 1 is 1.28 bits per heavy atom. The van der Waals surface area contributed by atoms with Crippen LogP contribution in [-0.2, 0) is 12.7 Å². The third-order valence-corrected chi connectivity index (χ3v) is 4.66. The van der Waals surface area contributed by atoms with Crippen LogP contribution in [0.2, 0.25) is 0 Å². The number of hydrogen-bond acceptors (Lipinski definition) is 3. The smallest absolute Gasteiger partial charge is 0.392 e. The summed E-state index contributed by atoms with van der Waals surface area (Å²) >= 11 is 0. The maximum Gasteiger partial charge on any atom is 0.416 e. The lowest BCUT2D eigenvalue weighted by Crippen LogP contribution is -2.27. The summed E-state index contributed by atoms with van der Waals surface area (Å²) in [5.74, 6) is 0.790. The SMILES string of the molecule is CC(C)n1ccnc1CN1C[C@@H](O)C[C@H]1c1ccccc1C(F)(F)F. The van der Waals surface area contributed by atoms with Crippen LogP contribution in [0.1, 0.15) is 49.3 Å². The molecule has 7 heteroatoms. The van der Waals surface area contributed by atoms with Gasteiger partial charge in [-0.2, -0.15) is 13.2 Å². The fourth-order valence-corrected chi connectivity index (χ4v) is 3.54. The molecule has 0 unspecified atom stereocenters. The van der Waals surface area contributed by atoms with Gasteiger partial charge in [0.25, 0.3) is 0 Å². The van der Waals surface area contributed by atoms with E-state index in [-0.39, 0.29) is 18.0 Å². The molecule has 0 bridgehead atoms. The summed E-state index contributed by atoms with van der Waals surface area (Å²) in [5.41, 5.74) is -0.416. The zero-order valence-electron chi connectivity index (χ0n) is 14.2. The van der Waals surface area contributed by atoms with Gasteiger partial charge in [-0.25, -0.2) is 4.98 Å². The second-order valence-electron chi connectivity index (χ2n) is 6.76. The maximum atomic E-state index is 13.4. The van der Waals surface area contributed by atoms with E-state index in [0.29, 0.717) is 13.1 Å². The molecular weight excluding hydrogens is 331 g/mol. The van der Waals surface area contributed by atoms with Gasteiger partial charge in [-0.1, -0.05) is 18.2 Å². The van der Waals surface area contributed by atoms with Crippen molar-refractivity contribution in [2.75, 3.05) is 6.54 Å². The first-order valence-corrected chi connectivity index (χ1v) is 8.37. The van der Waals surface area contributed by atoms with Crippen molar-refractivity contribution in [1.82, 2.24) is 14.5 Å². The van der Waals surface area contributed by atoms with Gasteiger partial charge in [-0.3, -0.25) is 4.90 Å². The van der Waals surface area contributed by atoms with Gasteiger partial charge in [-0.15, -0.1) is 0 Å². The number of nitrogens with zero attached hydrogens (tertiary/aromatic N) is 3. The predicted octanol–water partition coefficient (Wildman–Crippen LogP) is 3.79. The molecule has 136 valence electrons. The number of β-amino-alcohol motifs (C(OH)–C–C–N with tert-alkyl or cyclic N) is 1. The van der Waals surface area contributed by atoms with Crippen molar-refractivity contribution in [1.29, 1.82) is 0 Å². The van der Waals surface area contributed by atoms with Gasteiger partial charge in [0.1, 0.15) is 5.82 Å². The van der Waals surface area contributed by atoms with Crippen molar-refractivity contribution >= 4 is 0 Å². The highest BCUT2D eigenvalue weighted by atomic mass is 19.4. The van der Waals surface area contributed by atoms with E-state index >= 15 is 0 Å². The maximum absolute atomic E-state index is 13.4. The van der Waals surface area contributed by atoms with Gasteiger partial charge in [0.15, 0.2) is 0 Å². The van der Waals surface area contributed by atoms with E-state index < -0.39 is 23.9 Å². The fraction of sp³-hybridized carbons (Fsp3) is 0.500. The Morgan fingerprint density at radius 3 is 2.68 bits per heavy atom. The highest BCUT2D eigenvalue weighted by Crippen LogP contribution is 2.40. The van der Waals surface area contributed by atoms with Crippen molar-refractivity contribution in [3.63, 3.8) is 0 Å². The first-order chi connectivity index (χ1) is 11.8. The Bertz CT molecular complexity index is 726. The molecule has 4 nitrogen and oxygen atoms in total. The zero-order chi connectivity index (χ0) is 18.2. The molecule has 25 heavy (non-hydrogen) atoms. The van der Waals surface area contributed by atoms with Crippen LogP contribution in [-0.4, -0.2) is 32.2 Å². The van der Waals surface area contributed by atoms with Crippen molar-refractivity contribution in [2.45, 2.75) is 51.2 Å². The highest BCUT2D eigenvalue weighted by molar-refractivity contribution is 5.33.